The van der Waals surface area contributed by atoms with Gasteiger partial charge in [-0.3, -0.25) is 10.2 Å². The topological polar surface area (TPSA) is 50.7 Å². The molecule has 0 aromatic heterocycles. The van der Waals surface area contributed by atoms with E-state index in [-0.39, 0.29) is 0 Å². The van der Waals surface area contributed by atoms with Crippen molar-refractivity contribution in [1.82, 2.24) is 0 Å². The van der Waals surface area contributed by atoms with E-state index in [9.17, 15) is 4.79 Å². The van der Waals surface area contributed by atoms with E-state index >= 15 is 0 Å². The molecule has 0 saturated heterocycles. The van der Waals surface area contributed by atoms with Crippen molar-refractivity contribution in [1.29, 1.82) is 0 Å². The number of carbonyl (C=O) groups is 1. The van der Waals surface area contributed by atoms with E-state index in [1.165, 1.54) is 6.42 Å². The second-order valence-electron chi connectivity index (χ2n) is 4.54. The highest BCUT2D eigenvalue weighted by Crippen LogP contribution is 2.16. The van der Waals surface area contributed by atoms with Gasteiger partial charge in [-0.2, -0.15) is 0 Å². The van der Waals surface area contributed by atoms with Crippen LogP contribution in [0.4, 0.5) is 10.5 Å². The summed E-state index contributed by atoms with van der Waals surface area (Å²) in [6.07, 6.45) is 4.88. The molecule has 0 radical (unpaired) electrons. The highest BCUT2D eigenvalue weighted by Gasteiger charge is 2.09. The van der Waals surface area contributed by atoms with E-state index in [2.05, 4.69) is 10.5 Å². The van der Waals surface area contributed by atoms with Gasteiger partial charge in [-0.05, 0) is 44.2 Å². The van der Waals surface area contributed by atoms with Gasteiger partial charge in [0.05, 0.1) is 5.71 Å². The Morgan fingerprint density at radius 1 is 1.22 bits per heavy atom. The number of amides is 1. The van der Waals surface area contributed by atoms with Crippen molar-refractivity contribution in [3.05, 3.63) is 29.8 Å². The minimum Gasteiger partial charge on any atom is -0.298 e. The van der Waals surface area contributed by atoms with Crippen LogP contribution in [-0.2, 0) is 4.84 Å². The molecule has 18 heavy (non-hydrogen) atoms. The van der Waals surface area contributed by atoms with Crippen molar-refractivity contribution < 1.29 is 9.63 Å². The average molecular weight is 246 g/mol. The molecule has 0 aliphatic heterocycles. The summed E-state index contributed by atoms with van der Waals surface area (Å²) >= 11 is 0. The molecule has 0 heterocycles. The summed E-state index contributed by atoms with van der Waals surface area (Å²) in [6, 6.07) is 7.57. The highest BCUT2D eigenvalue weighted by molar-refractivity contribution is 5.88. The maximum absolute atomic E-state index is 11.6. The molecule has 4 nitrogen and oxygen atoms in total. The van der Waals surface area contributed by atoms with Crippen LogP contribution in [-0.4, -0.2) is 11.8 Å². The molecule has 1 aliphatic rings. The molecule has 0 unspecified atom stereocenters. The number of rotatable bonds is 2. The number of hydrogen-bond donors (Lipinski definition) is 1. The van der Waals surface area contributed by atoms with E-state index in [1.54, 1.807) is 0 Å². The van der Waals surface area contributed by atoms with Gasteiger partial charge in [0.2, 0.25) is 0 Å². The van der Waals surface area contributed by atoms with Crippen LogP contribution in [0, 0.1) is 6.92 Å². The zero-order chi connectivity index (χ0) is 12.8. The van der Waals surface area contributed by atoms with Crippen LogP contribution < -0.4 is 5.32 Å². The summed E-state index contributed by atoms with van der Waals surface area (Å²) in [5.74, 6) is 0. The van der Waals surface area contributed by atoms with Gasteiger partial charge in [0, 0.05) is 5.69 Å². The van der Waals surface area contributed by atoms with Gasteiger partial charge in [-0.15, -0.1) is 0 Å². The van der Waals surface area contributed by atoms with Crippen LogP contribution in [0.2, 0.25) is 0 Å². The molecule has 2 rings (SSSR count). The number of para-hydroxylation sites is 1. The average Bonchev–Trinajstić information content (AvgIpc) is 2.40. The maximum atomic E-state index is 11.6. The number of nitrogens with zero attached hydrogens (tertiary/aromatic N) is 1. The van der Waals surface area contributed by atoms with Crippen molar-refractivity contribution in [2.45, 2.75) is 39.0 Å². The monoisotopic (exact) mass is 246 g/mol. The smallest absolute Gasteiger partial charge is 0.298 e. The molecule has 1 amide bonds. The lowest BCUT2D eigenvalue weighted by molar-refractivity contribution is 0.165. The Bertz CT molecular complexity index is 447. The molecule has 1 saturated carbocycles. The summed E-state index contributed by atoms with van der Waals surface area (Å²) in [5, 5.41) is 6.60. The van der Waals surface area contributed by atoms with E-state index in [1.807, 2.05) is 31.2 Å². The van der Waals surface area contributed by atoms with Crippen molar-refractivity contribution in [2.24, 2.45) is 5.16 Å². The zero-order valence-corrected chi connectivity index (χ0v) is 10.6. The molecule has 1 aromatic rings. The molecular weight excluding hydrogens is 228 g/mol. The lowest BCUT2D eigenvalue weighted by Gasteiger charge is -2.11. The van der Waals surface area contributed by atoms with Crippen LogP contribution in [0.5, 0.6) is 0 Å². The van der Waals surface area contributed by atoms with E-state index < -0.39 is 6.09 Å². The van der Waals surface area contributed by atoms with Gasteiger partial charge in [-0.1, -0.05) is 29.8 Å². The maximum Gasteiger partial charge on any atom is 0.437 e. The number of carbonyl (C=O) groups excluding carboxylic acids is 1. The first-order valence-electron chi connectivity index (χ1n) is 6.35. The van der Waals surface area contributed by atoms with Gasteiger partial charge >= 0.3 is 6.09 Å². The molecule has 96 valence electrons. The summed E-state index contributed by atoms with van der Waals surface area (Å²) in [7, 11) is 0. The number of hydrogen-bond acceptors (Lipinski definition) is 3. The Kier molecular flexibility index (Phi) is 4.34. The minimum absolute atomic E-state index is 0.526. The number of oxime groups is 1. The Morgan fingerprint density at radius 2 is 1.94 bits per heavy atom. The second kappa shape index (κ2) is 6.19. The molecular formula is C14H18N2O2. The Hall–Kier alpha value is -1.84. The van der Waals surface area contributed by atoms with E-state index in [4.69, 9.17) is 4.84 Å². The number of benzene rings is 1. The van der Waals surface area contributed by atoms with Crippen molar-refractivity contribution in [3.8, 4) is 0 Å². The molecule has 0 spiro atoms. The van der Waals surface area contributed by atoms with Gasteiger partial charge < -0.3 is 0 Å². The third kappa shape index (κ3) is 3.58. The Morgan fingerprint density at radius 3 is 2.67 bits per heavy atom. The second-order valence-corrected chi connectivity index (χ2v) is 4.54. The fraction of sp³-hybridized carbons (Fsp3) is 0.429. The van der Waals surface area contributed by atoms with Gasteiger partial charge in [-0.25, -0.2) is 4.79 Å². The minimum atomic E-state index is -0.526. The first-order valence-corrected chi connectivity index (χ1v) is 6.35. The highest BCUT2D eigenvalue weighted by atomic mass is 16.7. The third-order valence-electron chi connectivity index (χ3n) is 3.07. The number of anilines is 1. The summed E-state index contributed by atoms with van der Waals surface area (Å²) in [5.41, 5.74) is 2.74. The molecule has 0 atom stereocenters. The van der Waals surface area contributed by atoms with Crippen LogP contribution in [0.1, 0.15) is 37.7 Å². The van der Waals surface area contributed by atoms with Crippen LogP contribution >= 0.6 is 0 Å². The number of nitrogens with one attached hydrogen (secondary N) is 1. The normalized spacial score (nSPS) is 15.1. The SMILES string of the molecule is Cc1ccccc1NC(=O)ON=C1CCCCC1. The standard InChI is InChI=1S/C14H18N2O2/c1-11-7-5-6-10-13(11)15-14(17)18-16-12-8-3-2-4-9-12/h5-7,10H,2-4,8-9H2,1H3,(H,15,17). The van der Waals surface area contributed by atoms with Crippen molar-refractivity contribution >= 4 is 17.5 Å². The molecule has 1 aliphatic carbocycles. The van der Waals surface area contributed by atoms with Crippen LogP contribution in [0.25, 0.3) is 0 Å². The predicted molar refractivity (Wildman–Crippen MR) is 71.8 cm³/mol. The lowest BCUT2D eigenvalue weighted by atomic mass is 9.99. The first-order chi connectivity index (χ1) is 8.75. The molecule has 1 fully saturated rings. The van der Waals surface area contributed by atoms with E-state index in [0.717, 1.165) is 42.6 Å². The van der Waals surface area contributed by atoms with Crippen molar-refractivity contribution in [2.75, 3.05) is 5.32 Å². The Balaban J connectivity index is 1.87. The molecule has 0 bridgehead atoms. The van der Waals surface area contributed by atoms with Gasteiger partial charge in [0.1, 0.15) is 0 Å². The van der Waals surface area contributed by atoms with Crippen molar-refractivity contribution in [3.63, 3.8) is 0 Å². The summed E-state index contributed by atoms with van der Waals surface area (Å²) < 4.78 is 0. The quantitative estimate of drug-likeness (QED) is 0.636. The Labute approximate surface area is 107 Å². The van der Waals surface area contributed by atoms with Crippen LogP contribution in [0.3, 0.4) is 0 Å². The van der Waals surface area contributed by atoms with Gasteiger partial charge in [0.25, 0.3) is 0 Å². The molecule has 1 aromatic carbocycles. The summed E-state index contributed by atoms with van der Waals surface area (Å²) in [4.78, 5) is 16.4. The number of aryl methyl sites for hydroxylation is 1. The molecule has 1 N–H and O–H groups in total. The fourth-order valence-corrected chi connectivity index (χ4v) is 2.00. The van der Waals surface area contributed by atoms with Crippen LogP contribution in [0.15, 0.2) is 29.4 Å². The van der Waals surface area contributed by atoms with E-state index in [0.29, 0.717) is 0 Å². The predicted octanol–water partition coefficient (Wildman–Crippen LogP) is 3.86. The summed E-state index contributed by atoms with van der Waals surface area (Å²) in [6.45, 7) is 1.93. The fourth-order valence-electron chi connectivity index (χ4n) is 2.00. The molecule has 4 heteroatoms. The third-order valence-corrected chi connectivity index (χ3v) is 3.07. The zero-order valence-electron chi connectivity index (χ0n) is 10.6. The lowest BCUT2D eigenvalue weighted by Crippen LogP contribution is -2.14. The largest absolute Gasteiger partial charge is 0.437 e. The van der Waals surface area contributed by atoms with Gasteiger partial charge in [0.15, 0.2) is 0 Å². The first kappa shape index (κ1) is 12.6.